The minimum atomic E-state index is -0.886. The van der Waals surface area contributed by atoms with Gasteiger partial charge in [0.1, 0.15) is 0 Å². The monoisotopic (exact) mass is 446 g/mol. The predicted octanol–water partition coefficient (Wildman–Crippen LogP) is 1.21. The summed E-state index contributed by atoms with van der Waals surface area (Å²) in [5, 5.41) is 23.0. The van der Waals surface area contributed by atoms with Crippen LogP contribution in [-0.4, -0.2) is 63.3 Å². The number of β-amino-alcohol motifs (C(OH)–C–C–N with tert-alkyl or cyclic N) is 1. The van der Waals surface area contributed by atoms with Gasteiger partial charge in [0.25, 0.3) is 0 Å². The molecule has 2 aromatic rings. The van der Waals surface area contributed by atoms with Crippen molar-refractivity contribution in [3.63, 3.8) is 0 Å². The highest BCUT2D eigenvalue weighted by Crippen LogP contribution is 2.30. The van der Waals surface area contributed by atoms with E-state index in [1.807, 2.05) is 32.9 Å². The van der Waals surface area contributed by atoms with Gasteiger partial charge >= 0.3 is 0 Å². The van der Waals surface area contributed by atoms with Crippen LogP contribution in [0.2, 0.25) is 0 Å². The van der Waals surface area contributed by atoms with E-state index in [0.717, 1.165) is 21.0 Å². The predicted molar refractivity (Wildman–Crippen MR) is 119 cm³/mol. The standard InChI is InChI=1S/C22H30N4O4S/c1-12(2)19(23)22(30)26(21(29)17-8-16(28)9-24-17)18(10-27)14-4-6-15(7-5-14)20-13(3)25-11-31-20/h4-7,11-12,16-19,24,27-28H,8-10,23H2,1-3H3/t16-,17+,18+,19+/m1/s1. The molecular formula is C22H30N4O4S. The van der Waals surface area contributed by atoms with E-state index in [2.05, 4.69) is 10.3 Å². The Morgan fingerprint density at radius 3 is 2.48 bits per heavy atom. The third-order valence-corrected chi connectivity index (χ3v) is 6.65. The Morgan fingerprint density at radius 1 is 1.32 bits per heavy atom. The molecule has 31 heavy (non-hydrogen) atoms. The van der Waals surface area contributed by atoms with Crippen molar-refractivity contribution in [3.8, 4) is 10.4 Å². The van der Waals surface area contributed by atoms with Crippen molar-refractivity contribution in [1.82, 2.24) is 15.2 Å². The van der Waals surface area contributed by atoms with Gasteiger partial charge in [-0.15, -0.1) is 11.3 Å². The lowest BCUT2D eigenvalue weighted by atomic mass is 9.98. The number of aryl methyl sites for hydroxylation is 1. The van der Waals surface area contributed by atoms with Gasteiger partial charge in [-0.25, -0.2) is 4.98 Å². The minimum absolute atomic E-state index is 0.180. The Hall–Kier alpha value is -2.17. The molecule has 1 aliphatic rings. The van der Waals surface area contributed by atoms with Gasteiger partial charge in [-0.3, -0.25) is 14.5 Å². The van der Waals surface area contributed by atoms with Crippen LogP contribution in [0.1, 0.15) is 37.6 Å². The molecule has 1 fully saturated rings. The average Bonchev–Trinajstić information content (AvgIpc) is 3.38. The lowest BCUT2D eigenvalue weighted by molar-refractivity contribution is -0.151. The highest BCUT2D eigenvalue weighted by Gasteiger charge is 2.40. The van der Waals surface area contributed by atoms with Crippen LogP contribution < -0.4 is 11.1 Å². The topological polar surface area (TPSA) is 129 Å². The SMILES string of the molecule is Cc1ncsc1-c1ccc([C@H](CO)N(C(=O)[C@@H]2C[C@@H](O)CN2)C(=O)[C@@H](N)C(C)C)cc1. The van der Waals surface area contributed by atoms with Gasteiger partial charge in [0.2, 0.25) is 11.8 Å². The number of nitrogens with zero attached hydrogens (tertiary/aromatic N) is 2. The smallest absolute Gasteiger partial charge is 0.247 e. The second-order valence-corrected chi connectivity index (χ2v) is 9.11. The molecule has 1 aromatic carbocycles. The molecule has 1 saturated heterocycles. The van der Waals surface area contributed by atoms with Crippen molar-refractivity contribution in [2.75, 3.05) is 13.2 Å². The fourth-order valence-corrected chi connectivity index (χ4v) is 4.52. The molecule has 1 aliphatic heterocycles. The van der Waals surface area contributed by atoms with E-state index >= 15 is 0 Å². The zero-order chi connectivity index (χ0) is 22.7. The molecule has 5 N–H and O–H groups in total. The molecule has 168 valence electrons. The number of hydrogen-bond acceptors (Lipinski definition) is 8. The van der Waals surface area contributed by atoms with Gasteiger partial charge in [0.05, 0.1) is 46.9 Å². The lowest BCUT2D eigenvalue weighted by Crippen LogP contribution is -2.55. The van der Waals surface area contributed by atoms with Crippen LogP contribution in [0.15, 0.2) is 29.8 Å². The maximum Gasteiger partial charge on any atom is 0.247 e. The van der Waals surface area contributed by atoms with Crippen molar-refractivity contribution < 1.29 is 19.8 Å². The van der Waals surface area contributed by atoms with Gasteiger partial charge in [0, 0.05) is 6.54 Å². The van der Waals surface area contributed by atoms with E-state index in [9.17, 15) is 19.8 Å². The summed E-state index contributed by atoms with van der Waals surface area (Å²) in [5.74, 6) is -1.20. The molecule has 0 unspecified atom stereocenters. The zero-order valence-corrected chi connectivity index (χ0v) is 18.8. The first-order valence-corrected chi connectivity index (χ1v) is 11.3. The summed E-state index contributed by atoms with van der Waals surface area (Å²) in [6, 6.07) is 4.94. The number of carbonyl (C=O) groups is 2. The molecule has 0 radical (unpaired) electrons. The Morgan fingerprint density at radius 2 is 2.00 bits per heavy atom. The fourth-order valence-electron chi connectivity index (χ4n) is 3.71. The third-order valence-electron chi connectivity index (χ3n) is 5.67. The maximum atomic E-state index is 13.3. The number of amides is 2. The number of nitrogens with two attached hydrogens (primary N) is 1. The van der Waals surface area contributed by atoms with Crippen LogP contribution in [0.5, 0.6) is 0 Å². The van der Waals surface area contributed by atoms with E-state index in [1.165, 1.54) is 11.3 Å². The van der Waals surface area contributed by atoms with E-state index in [4.69, 9.17) is 5.73 Å². The van der Waals surface area contributed by atoms with Crippen LogP contribution in [-0.2, 0) is 9.59 Å². The van der Waals surface area contributed by atoms with Gasteiger partial charge in [-0.2, -0.15) is 0 Å². The van der Waals surface area contributed by atoms with Gasteiger partial charge in [-0.1, -0.05) is 38.1 Å². The summed E-state index contributed by atoms with van der Waals surface area (Å²) in [5.41, 5.74) is 10.4. The summed E-state index contributed by atoms with van der Waals surface area (Å²) in [6.07, 6.45) is -0.444. The molecule has 8 nitrogen and oxygen atoms in total. The van der Waals surface area contributed by atoms with Crippen LogP contribution in [0, 0.1) is 12.8 Å². The van der Waals surface area contributed by atoms with Gasteiger partial charge < -0.3 is 21.3 Å². The molecule has 0 aliphatic carbocycles. The first-order chi connectivity index (χ1) is 14.7. The molecule has 2 amide bonds. The molecular weight excluding hydrogens is 416 g/mol. The summed E-state index contributed by atoms with van der Waals surface area (Å²) in [6.45, 7) is 5.40. The van der Waals surface area contributed by atoms with Crippen molar-refractivity contribution in [2.24, 2.45) is 11.7 Å². The van der Waals surface area contributed by atoms with Crippen LogP contribution in [0.3, 0.4) is 0 Å². The quantitative estimate of drug-likeness (QED) is 0.503. The Bertz CT molecular complexity index is 914. The third kappa shape index (κ3) is 5.02. The average molecular weight is 447 g/mol. The fraction of sp³-hybridized carbons (Fsp3) is 0.500. The molecule has 3 rings (SSSR count). The normalized spacial score (nSPS) is 20.6. The van der Waals surface area contributed by atoms with Crippen molar-refractivity contribution in [1.29, 1.82) is 0 Å². The Balaban J connectivity index is 1.94. The molecule has 9 heteroatoms. The summed E-state index contributed by atoms with van der Waals surface area (Å²) < 4.78 is 0. The highest BCUT2D eigenvalue weighted by atomic mass is 32.1. The summed E-state index contributed by atoms with van der Waals surface area (Å²) >= 11 is 1.54. The summed E-state index contributed by atoms with van der Waals surface area (Å²) in [4.78, 5) is 32.9. The number of benzene rings is 1. The lowest BCUT2D eigenvalue weighted by Gasteiger charge is -2.34. The van der Waals surface area contributed by atoms with E-state index in [1.54, 1.807) is 17.6 Å². The number of carbonyl (C=O) groups excluding carboxylic acids is 2. The Kier molecular flexibility index (Phi) is 7.55. The molecule has 2 heterocycles. The molecule has 4 atom stereocenters. The number of thiazole rings is 1. The zero-order valence-electron chi connectivity index (χ0n) is 18.0. The first kappa shape index (κ1) is 23.5. The van der Waals surface area contributed by atoms with Crippen molar-refractivity contribution >= 4 is 23.2 Å². The number of rotatable bonds is 7. The van der Waals surface area contributed by atoms with Crippen LogP contribution in [0.4, 0.5) is 0 Å². The Labute approximate surface area is 186 Å². The molecule has 0 saturated carbocycles. The first-order valence-electron chi connectivity index (χ1n) is 10.4. The van der Waals surface area contributed by atoms with E-state index in [0.29, 0.717) is 5.56 Å². The molecule has 0 spiro atoms. The van der Waals surface area contributed by atoms with Crippen molar-refractivity contribution in [2.45, 2.75) is 51.4 Å². The number of aromatic nitrogens is 1. The highest BCUT2D eigenvalue weighted by molar-refractivity contribution is 7.13. The van der Waals surface area contributed by atoms with Gasteiger partial charge in [0.15, 0.2) is 0 Å². The number of imide groups is 1. The number of aliphatic hydroxyl groups excluding tert-OH is 2. The second kappa shape index (κ2) is 9.97. The molecule has 1 aromatic heterocycles. The number of hydrogen-bond donors (Lipinski definition) is 4. The number of aliphatic hydroxyl groups is 2. The second-order valence-electron chi connectivity index (χ2n) is 8.25. The molecule has 0 bridgehead atoms. The summed E-state index contributed by atoms with van der Waals surface area (Å²) in [7, 11) is 0. The van der Waals surface area contributed by atoms with Crippen LogP contribution in [0.25, 0.3) is 10.4 Å². The minimum Gasteiger partial charge on any atom is -0.394 e. The van der Waals surface area contributed by atoms with E-state index < -0.39 is 42.7 Å². The maximum absolute atomic E-state index is 13.3. The van der Waals surface area contributed by atoms with Crippen molar-refractivity contribution in [3.05, 3.63) is 41.0 Å². The van der Waals surface area contributed by atoms with E-state index in [-0.39, 0.29) is 18.9 Å². The van der Waals surface area contributed by atoms with Crippen LogP contribution >= 0.6 is 11.3 Å². The number of nitrogens with one attached hydrogen (secondary N) is 1. The largest absolute Gasteiger partial charge is 0.394 e. The van der Waals surface area contributed by atoms with Gasteiger partial charge in [-0.05, 0) is 30.4 Å².